The van der Waals surface area contributed by atoms with Crippen molar-refractivity contribution in [1.29, 1.82) is 0 Å². The average Bonchev–Trinajstić information content (AvgIpc) is 1.85. The predicted octanol–water partition coefficient (Wildman–Crippen LogP) is 1.32. The molecule has 1 N–H and O–H groups in total. The van der Waals surface area contributed by atoms with Gasteiger partial charge in [0.2, 0.25) is 0 Å². The van der Waals surface area contributed by atoms with E-state index in [0.29, 0.717) is 0 Å². The third-order valence-corrected chi connectivity index (χ3v) is 0.789. The lowest BCUT2D eigenvalue weighted by molar-refractivity contribution is 1.13. The molecule has 0 fully saturated rings. The minimum absolute atomic E-state index is 1.04. The Morgan fingerprint density at radius 1 is 1.67 bits per heavy atom. The molecule has 0 aromatic carbocycles. The predicted molar refractivity (Wildman–Crippen MR) is 41.5 cm³/mol. The van der Waals surface area contributed by atoms with Gasteiger partial charge in [-0.25, -0.2) is 0 Å². The highest BCUT2D eigenvalue weighted by molar-refractivity contribution is 5.56. The molecule has 0 heterocycles. The SMILES string of the molecule is C=C/C=C(/C)NC=NC. The Bertz CT molecular complexity index is 134. The van der Waals surface area contributed by atoms with Crippen LogP contribution in [0.3, 0.4) is 0 Å². The van der Waals surface area contributed by atoms with Crippen molar-refractivity contribution in [3.8, 4) is 0 Å². The van der Waals surface area contributed by atoms with E-state index in [2.05, 4.69) is 16.9 Å². The normalized spacial score (nSPS) is 12.0. The van der Waals surface area contributed by atoms with Crippen LogP contribution in [0.5, 0.6) is 0 Å². The lowest BCUT2D eigenvalue weighted by Gasteiger charge is -1.94. The van der Waals surface area contributed by atoms with Crippen LogP contribution in [0, 0.1) is 0 Å². The minimum Gasteiger partial charge on any atom is -0.350 e. The van der Waals surface area contributed by atoms with Crippen LogP contribution >= 0.6 is 0 Å². The van der Waals surface area contributed by atoms with Gasteiger partial charge in [-0.1, -0.05) is 12.7 Å². The van der Waals surface area contributed by atoms with Crippen LogP contribution in [0.15, 0.2) is 29.4 Å². The van der Waals surface area contributed by atoms with Crippen molar-refractivity contribution in [3.63, 3.8) is 0 Å². The number of nitrogens with one attached hydrogen (secondary N) is 1. The zero-order valence-corrected chi connectivity index (χ0v) is 5.89. The van der Waals surface area contributed by atoms with Gasteiger partial charge in [-0.05, 0) is 13.0 Å². The summed E-state index contributed by atoms with van der Waals surface area (Å²) in [6.07, 6.45) is 5.24. The van der Waals surface area contributed by atoms with Crippen LogP contribution in [-0.4, -0.2) is 13.4 Å². The third kappa shape index (κ3) is 4.81. The highest BCUT2D eigenvalue weighted by atomic mass is 14.9. The van der Waals surface area contributed by atoms with Crippen LogP contribution in [0.2, 0.25) is 0 Å². The fourth-order valence-electron chi connectivity index (χ4n) is 0.391. The van der Waals surface area contributed by atoms with Gasteiger partial charge < -0.3 is 5.32 Å². The van der Waals surface area contributed by atoms with E-state index in [1.54, 1.807) is 19.5 Å². The number of nitrogens with zero attached hydrogens (tertiary/aromatic N) is 1. The summed E-state index contributed by atoms with van der Waals surface area (Å²) in [5.74, 6) is 0. The summed E-state index contributed by atoms with van der Waals surface area (Å²) in [6, 6.07) is 0. The second kappa shape index (κ2) is 5.09. The first kappa shape index (κ1) is 7.95. The molecule has 9 heavy (non-hydrogen) atoms. The topological polar surface area (TPSA) is 24.4 Å². The van der Waals surface area contributed by atoms with E-state index >= 15 is 0 Å². The van der Waals surface area contributed by atoms with E-state index in [0.717, 1.165) is 5.70 Å². The van der Waals surface area contributed by atoms with Crippen molar-refractivity contribution in [2.24, 2.45) is 4.99 Å². The molecule has 0 rings (SSSR count). The Hall–Kier alpha value is -1.05. The van der Waals surface area contributed by atoms with Gasteiger partial charge in [-0.3, -0.25) is 4.99 Å². The zero-order chi connectivity index (χ0) is 7.11. The molecule has 0 aliphatic heterocycles. The number of hydrogen-bond acceptors (Lipinski definition) is 1. The minimum atomic E-state index is 1.04. The first-order chi connectivity index (χ1) is 4.31. The van der Waals surface area contributed by atoms with E-state index < -0.39 is 0 Å². The maximum absolute atomic E-state index is 3.75. The van der Waals surface area contributed by atoms with Crippen LogP contribution in [0.1, 0.15) is 6.92 Å². The molecular formula is C7H12N2. The maximum Gasteiger partial charge on any atom is 0.0861 e. The fraction of sp³-hybridized carbons (Fsp3) is 0.286. The molecular weight excluding hydrogens is 112 g/mol. The Labute approximate surface area is 56.0 Å². The van der Waals surface area contributed by atoms with Crippen LogP contribution in [-0.2, 0) is 0 Å². The standard InChI is InChI=1S/C7H12N2/c1-4-5-7(2)9-6-8-3/h4-6H,1H2,2-3H3,(H,8,9)/b7-5-. The molecule has 0 saturated carbocycles. The highest BCUT2D eigenvalue weighted by Crippen LogP contribution is 1.82. The van der Waals surface area contributed by atoms with E-state index in [1.165, 1.54) is 0 Å². The van der Waals surface area contributed by atoms with E-state index in [-0.39, 0.29) is 0 Å². The quantitative estimate of drug-likeness (QED) is 0.342. The summed E-state index contributed by atoms with van der Waals surface area (Å²) in [5, 5.41) is 2.93. The van der Waals surface area contributed by atoms with Gasteiger partial charge in [0.25, 0.3) is 0 Å². The van der Waals surface area contributed by atoms with Crippen molar-refractivity contribution in [1.82, 2.24) is 5.32 Å². The lowest BCUT2D eigenvalue weighted by atomic mass is 10.4. The monoisotopic (exact) mass is 124 g/mol. The van der Waals surface area contributed by atoms with Gasteiger partial charge in [-0.2, -0.15) is 0 Å². The maximum atomic E-state index is 3.75. The van der Waals surface area contributed by atoms with Crippen LogP contribution < -0.4 is 5.32 Å². The molecule has 0 aromatic rings. The lowest BCUT2D eigenvalue weighted by Crippen LogP contribution is -2.06. The average molecular weight is 124 g/mol. The summed E-state index contributed by atoms with van der Waals surface area (Å²) >= 11 is 0. The highest BCUT2D eigenvalue weighted by Gasteiger charge is 1.76. The summed E-state index contributed by atoms with van der Waals surface area (Å²) in [4.78, 5) is 3.75. The molecule has 2 heteroatoms. The van der Waals surface area contributed by atoms with Gasteiger partial charge in [0, 0.05) is 12.7 Å². The first-order valence-electron chi connectivity index (χ1n) is 2.77. The van der Waals surface area contributed by atoms with Crippen molar-refractivity contribution in [2.75, 3.05) is 7.05 Å². The second-order valence-electron chi connectivity index (χ2n) is 1.62. The van der Waals surface area contributed by atoms with Gasteiger partial charge in [-0.15, -0.1) is 0 Å². The summed E-state index contributed by atoms with van der Waals surface area (Å²) < 4.78 is 0. The molecule has 0 saturated heterocycles. The number of hydrogen-bond donors (Lipinski definition) is 1. The Kier molecular flexibility index (Phi) is 4.50. The smallest absolute Gasteiger partial charge is 0.0861 e. The molecule has 2 nitrogen and oxygen atoms in total. The largest absolute Gasteiger partial charge is 0.350 e. The fourth-order valence-corrected chi connectivity index (χ4v) is 0.391. The molecule has 50 valence electrons. The van der Waals surface area contributed by atoms with E-state index in [9.17, 15) is 0 Å². The third-order valence-electron chi connectivity index (χ3n) is 0.789. The molecule has 0 aliphatic carbocycles. The van der Waals surface area contributed by atoms with Crippen molar-refractivity contribution in [2.45, 2.75) is 6.92 Å². The molecule has 0 radical (unpaired) electrons. The van der Waals surface area contributed by atoms with E-state index in [1.807, 2.05) is 13.0 Å². The number of aliphatic imine (C=N–C) groups is 1. The first-order valence-corrected chi connectivity index (χ1v) is 2.77. The Morgan fingerprint density at radius 2 is 2.33 bits per heavy atom. The van der Waals surface area contributed by atoms with Gasteiger partial charge in [0.15, 0.2) is 0 Å². The zero-order valence-electron chi connectivity index (χ0n) is 5.89. The van der Waals surface area contributed by atoms with Crippen LogP contribution in [0.25, 0.3) is 0 Å². The Morgan fingerprint density at radius 3 is 2.78 bits per heavy atom. The molecule has 0 atom stereocenters. The molecule has 0 spiro atoms. The van der Waals surface area contributed by atoms with Crippen molar-refractivity contribution < 1.29 is 0 Å². The van der Waals surface area contributed by atoms with Crippen LogP contribution in [0.4, 0.5) is 0 Å². The van der Waals surface area contributed by atoms with Crippen molar-refractivity contribution in [3.05, 3.63) is 24.4 Å². The summed E-state index contributed by atoms with van der Waals surface area (Å²) in [7, 11) is 1.72. The molecule has 0 aliphatic rings. The summed E-state index contributed by atoms with van der Waals surface area (Å²) in [6.45, 7) is 5.50. The number of allylic oxidation sites excluding steroid dienone is 3. The molecule has 0 bridgehead atoms. The Balaban J connectivity index is 3.61. The second-order valence-corrected chi connectivity index (χ2v) is 1.62. The molecule has 0 amide bonds. The summed E-state index contributed by atoms with van der Waals surface area (Å²) in [5.41, 5.74) is 1.04. The molecule has 0 unspecified atom stereocenters. The van der Waals surface area contributed by atoms with Crippen molar-refractivity contribution >= 4 is 6.34 Å². The molecule has 0 aromatic heterocycles. The number of rotatable bonds is 3. The van der Waals surface area contributed by atoms with E-state index in [4.69, 9.17) is 0 Å². The van der Waals surface area contributed by atoms with Gasteiger partial charge in [0.05, 0.1) is 6.34 Å². The van der Waals surface area contributed by atoms with Gasteiger partial charge in [0.1, 0.15) is 0 Å². The van der Waals surface area contributed by atoms with Gasteiger partial charge >= 0.3 is 0 Å².